The van der Waals surface area contributed by atoms with E-state index < -0.39 is 0 Å². The van der Waals surface area contributed by atoms with Gasteiger partial charge < -0.3 is 20.1 Å². The molecule has 0 saturated carbocycles. The topological polar surface area (TPSA) is 90.3 Å². The highest BCUT2D eigenvalue weighted by Crippen LogP contribution is 2.25. The summed E-state index contributed by atoms with van der Waals surface area (Å²) < 4.78 is 12.7. The van der Waals surface area contributed by atoms with Gasteiger partial charge >= 0.3 is 0 Å². The van der Waals surface area contributed by atoms with Crippen LogP contribution < -0.4 is 20.1 Å². The van der Waals surface area contributed by atoms with E-state index in [2.05, 4.69) is 20.7 Å². The van der Waals surface area contributed by atoms with Crippen molar-refractivity contribution in [3.63, 3.8) is 0 Å². The van der Waals surface area contributed by atoms with Crippen LogP contribution in [0.5, 0.6) is 11.5 Å². The molecule has 0 unspecified atom stereocenters. The smallest absolute Gasteiger partial charge is 0.234 e. The highest BCUT2D eigenvalue weighted by Gasteiger charge is 2.19. The minimum atomic E-state index is -0.0481. The summed E-state index contributed by atoms with van der Waals surface area (Å²) in [5.41, 5.74) is 0. The van der Waals surface area contributed by atoms with Gasteiger partial charge in [0.1, 0.15) is 18.8 Å². The maximum atomic E-state index is 11.9. The molecular formula is C17H23N5O3. The first-order valence-electron chi connectivity index (χ1n) is 8.39. The molecule has 0 radical (unpaired) electrons. The van der Waals surface area contributed by atoms with Gasteiger partial charge in [-0.05, 0) is 18.6 Å². The molecule has 2 aromatic rings. The molecule has 0 saturated heterocycles. The Bertz CT molecular complexity index is 703. The summed E-state index contributed by atoms with van der Waals surface area (Å²) in [5, 5.41) is 10.3. The molecule has 1 amide bonds. The van der Waals surface area contributed by atoms with Gasteiger partial charge in [-0.2, -0.15) is 5.10 Å². The Labute approximate surface area is 146 Å². The highest BCUT2D eigenvalue weighted by atomic mass is 16.5. The van der Waals surface area contributed by atoms with Crippen LogP contribution in [0, 0.1) is 0 Å². The second-order valence-electron chi connectivity index (χ2n) is 5.82. The Balaban J connectivity index is 1.32. The van der Waals surface area contributed by atoms with Crippen LogP contribution in [0.2, 0.25) is 0 Å². The third-order valence-electron chi connectivity index (χ3n) is 4.11. The Hall–Kier alpha value is -2.61. The molecule has 134 valence electrons. The molecule has 1 aromatic heterocycles. The molecule has 8 heteroatoms. The van der Waals surface area contributed by atoms with Gasteiger partial charge in [0.05, 0.1) is 26.7 Å². The first-order valence-corrected chi connectivity index (χ1v) is 8.39. The van der Waals surface area contributed by atoms with Crippen LogP contribution in [0.15, 0.2) is 30.6 Å². The third-order valence-corrected chi connectivity index (χ3v) is 4.11. The lowest BCUT2D eigenvalue weighted by Gasteiger charge is -2.23. The van der Waals surface area contributed by atoms with Gasteiger partial charge in [-0.1, -0.05) is 12.1 Å². The van der Waals surface area contributed by atoms with E-state index in [0.29, 0.717) is 24.7 Å². The quantitative estimate of drug-likeness (QED) is 0.673. The zero-order valence-corrected chi connectivity index (χ0v) is 14.3. The van der Waals surface area contributed by atoms with Crippen LogP contribution in [0.4, 0.5) is 0 Å². The van der Waals surface area contributed by atoms with Crippen LogP contribution >= 0.6 is 0 Å². The summed E-state index contributed by atoms with van der Waals surface area (Å²) >= 11 is 0. The third kappa shape index (κ3) is 4.69. The molecule has 0 spiro atoms. The summed E-state index contributed by atoms with van der Waals surface area (Å²) in [7, 11) is 1.60. The lowest BCUT2D eigenvalue weighted by molar-refractivity contribution is -0.120. The number of carbonyl (C=O) groups excluding carboxylic acids is 1. The normalized spacial score (nSPS) is 16.1. The Morgan fingerprint density at radius 2 is 2.20 bits per heavy atom. The van der Waals surface area contributed by atoms with Gasteiger partial charge in [-0.25, -0.2) is 9.67 Å². The predicted octanol–water partition coefficient (Wildman–Crippen LogP) is 0.386. The van der Waals surface area contributed by atoms with E-state index in [0.717, 1.165) is 25.2 Å². The van der Waals surface area contributed by atoms with Crippen molar-refractivity contribution >= 4 is 5.91 Å². The molecule has 1 aliphatic heterocycles. The summed E-state index contributed by atoms with van der Waals surface area (Å²) in [6.07, 6.45) is 3.42. The van der Waals surface area contributed by atoms with Crippen LogP contribution in [-0.2, 0) is 17.8 Å². The number of ether oxygens (including phenoxy) is 2. The number of aryl methyl sites for hydroxylation is 1. The molecule has 1 aliphatic rings. The lowest BCUT2D eigenvalue weighted by atomic mass is 10.1. The Morgan fingerprint density at radius 3 is 3.04 bits per heavy atom. The molecule has 2 heterocycles. The summed E-state index contributed by atoms with van der Waals surface area (Å²) in [4.78, 5) is 16.1. The lowest BCUT2D eigenvalue weighted by Crippen LogP contribution is -2.44. The van der Waals surface area contributed by atoms with Crippen molar-refractivity contribution in [1.82, 2.24) is 25.4 Å². The zero-order valence-electron chi connectivity index (χ0n) is 14.3. The first-order chi connectivity index (χ1) is 12.3. The van der Waals surface area contributed by atoms with Gasteiger partial charge in [0.25, 0.3) is 0 Å². The number of benzene rings is 1. The number of hydrogen-bond donors (Lipinski definition) is 2. The van der Waals surface area contributed by atoms with Gasteiger partial charge in [-0.15, -0.1) is 0 Å². The molecule has 0 fully saturated rings. The SMILES string of the molecule is COc1ccccc1OCCNC(=O)CN[C@H]1CCc2ncnn2C1. The van der Waals surface area contributed by atoms with Crippen molar-refractivity contribution in [2.24, 2.45) is 0 Å². The predicted molar refractivity (Wildman–Crippen MR) is 91.6 cm³/mol. The van der Waals surface area contributed by atoms with Crippen molar-refractivity contribution in [2.45, 2.75) is 25.4 Å². The maximum absolute atomic E-state index is 11.9. The number of aromatic nitrogens is 3. The van der Waals surface area contributed by atoms with Crippen molar-refractivity contribution in [3.05, 3.63) is 36.4 Å². The molecule has 1 atom stereocenters. The van der Waals surface area contributed by atoms with Crippen molar-refractivity contribution < 1.29 is 14.3 Å². The average Bonchev–Trinajstić information content (AvgIpc) is 3.11. The molecule has 0 aliphatic carbocycles. The van der Waals surface area contributed by atoms with Gasteiger partial charge in [0.2, 0.25) is 5.91 Å². The van der Waals surface area contributed by atoms with Crippen molar-refractivity contribution in [3.8, 4) is 11.5 Å². The molecular weight excluding hydrogens is 322 g/mol. The first kappa shape index (κ1) is 17.2. The Morgan fingerprint density at radius 1 is 1.36 bits per heavy atom. The highest BCUT2D eigenvalue weighted by molar-refractivity contribution is 5.77. The average molecular weight is 345 g/mol. The number of rotatable bonds is 8. The van der Waals surface area contributed by atoms with E-state index in [1.54, 1.807) is 13.4 Å². The van der Waals surface area contributed by atoms with Crippen LogP contribution in [0.1, 0.15) is 12.2 Å². The van der Waals surface area contributed by atoms with E-state index >= 15 is 0 Å². The van der Waals surface area contributed by atoms with Crippen LogP contribution in [0.3, 0.4) is 0 Å². The fourth-order valence-electron chi connectivity index (χ4n) is 2.79. The number of carbonyl (C=O) groups is 1. The van der Waals surface area contributed by atoms with Crippen molar-refractivity contribution in [1.29, 1.82) is 0 Å². The minimum Gasteiger partial charge on any atom is -0.493 e. The fraction of sp³-hybridized carbons (Fsp3) is 0.471. The summed E-state index contributed by atoms with van der Waals surface area (Å²) in [6, 6.07) is 7.68. The van der Waals surface area contributed by atoms with E-state index in [4.69, 9.17) is 9.47 Å². The zero-order chi connectivity index (χ0) is 17.5. The number of nitrogens with zero attached hydrogens (tertiary/aromatic N) is 3. The van der Waals surface area contributed by atoms with Crippen LogP contribution in [-0.4, -0.2) is 53.5 Å². The van der Waals surface area contributed by atoms with Crippen LogP contribution in [0.25, 0.3) is 0 Å². The molecule has 2 N–H and O–H groups in total. The standard InChI is InChI=1S/C17H23N5O3/c1-24-14-4-2-3-5-15(14)25-9-8-18-17(23)10-19-13-6-7-16-20-12-21-22(16)11-13/h2-5,12-13,19H,6-11H2,1H3,(H,18,23)/t13-/m0/s1. The van der Waals surface area contributed by atoms with E-state index in [-0.39, 0.29) is 18.5 Å². The van der Waals surface area contributed by atoms with Gasteiger partial charge in [0.15, 0.2) is 11.5 Å². The van der Waals surface area contributed by atoms with E-state index in [1.807, 2.05) is 28.9 Å². The summed E-state index contributed by atoms with van der Waals surface area (Å²) in [6.45, 7) is 1.86. The Kier molecular flexibility index (Phi) is 5.84. The minimum absolute atomic E-state index is 0.0481. The number of amides is 1. The van der Waals surface area contributed by atoms with E-state index in [1.165, 1.54) is 0 Å². The number of methoxy groups -OCH3 is 1. The molecule has 8 nitrogen and oxygen atoms in total. The number of nitrogens with one attached hydrogen (secondary N) is 2. The second-order valence-corrected chi connectivity index (χ2v) is 5.82. The largest absolute Gasteiger partial charge is 0.493 e. The molecule has 25 heavy (non-hydrogen) atoms. The van der Waals surface area contributed by atoms with Gasteiger partial charge in [-0.3, -0.25) is 4.79 Å². The van der Waals surface area contributed by atoms with Crippen molar-refractivity contribution in [2.75, 3.05) is 26.8 Å². The number of para-hydroxylation sites is 2. The van der Waals surface area contributed by atoms with Gasteiger partial charge in [0, 0.05) is 12.5 Å². The fourth-order valence-corrected chi connectivity index (χ4v) is 2.79. The molecule has 3 rings (SSSR count). The summed E-state index contributed by atoms with van der Waals surface area (Å²) in [5.74, 6) is 2.31. The number of hydrogen-bond acceptors (Lipinski definition) is 6. The monoisotopic (exact) mass is 345 g/mol. The number of fused-ring (bicyclic) bond motifs is 1. The van der Waals surface area contributed by atoms with E-state index in [9.17, 15) is 4.79 Å². The molecule has 0 bridgehead atoms. The maximum Gasteiger partial charge on any atom is 0.234 e. The second kappa shape index (κ2) is 8.48. The molecule has 1 aromatic carbocycles.